The zero-order chi connectivity index (χ0) is 14.0. The minimum absolute atomic E-state index is 0.253. The molecule has 102 valence electrons. The number of aliphatic imine (C=N–C) groups is 1. The van der Waals surface area contributed by atoms with Gasteiger partial charge >= 0.3 is 0 Å². The molecule has 0 saturated heterocycles. The van der Waals surface area contributed by atoms with Crippen molar-refractivity contribution in [1.82, 2.24) is 0 Å². The number of hydrogen-bond acceptors (Lipinski definition) is 3. The Labute approximate surface area is 114 Å². The number of nitrogens with zero attached hydrogens (tertiary/aromatic N) is 1. The molecule has 0 atom stereocenters. The first-order valence-electron chi connectivity index (χ1n) is 6.93. The molecule has 0 heterocycles. The van der Waals surface area contributed by atoms with Crippen LogP contribution in [0.25, 0.3) is 0 Å². The molecule has 1 aliphatic carbocycles. The topological polar surface area (TPSA) is 49.7 Å². The predicted octanol–water partition coefficient (Wildman–Crippen LogP) is 3.93. The van der Waals surface area contributed by atoms with Crippen molar-refractivity contribution >= 4 is 6.08 Å². The minimum Gasteiger partial charge on any atom is -0.508 e. The van der Waals surface area contributed by atoms with E-state index in [2.05, 4.69) is 18.8 Å². The summed E-state index contributed by atoms with van der Waals surface area (Å²) in [5.74, 6) is 0.640. The Bertz CT molecular complexity index is 522. The van der Waals surface area contributed by atoms with Crippen LogP contribution in [0.3, 0.4) is 0 Å². The van der Waals surface area contributed by atoms with E-state index in [9.17, 15) is 9.90 Å². The monoisotopic (exact) mass is 259 g/mol. The fourth-order valence-corrected chi connectivity index (χ4v) is 3.19. The Balaban J connectivity index is 2.60. The molecule has 19 heavy (non-hydrogen) atoms. The molecule has 3 nitrogen and oxygen atoms in total. The standard InChI is InChI=1S/C16H21NO2/c1-11(2)13-9-14(15(19)8-12(13)3)16(17-10-18)6-4-5-7-16/h8-9,11,19H,4-7H2,1-3H3. The van der Waals surface area contributed by atoms with E-state index in [0.717, 1.165) is 36.8 Å². The number of carbonyl (C=O) groups excluding carboxylic acids is 1. The zero-order valence-electron chi connectivity index (χ0n) is 11.9. The van der Waals surface area contributed by atoms with E-state index < -0.39 is 5.54 Å². The summed E-state index contributed by atoms with van der Waals surface area (Å²) < 4.78 is 0. The van der Waals surface area contributed by atoms with Gasteiger partial charge in [0.15, 0.2) is 0 Å². The van der Waals surface area contributed by atoms with Gasteiger partial charge in [-0.2, -0.15) is 4.99 Å². The first-order valence-corrected chi connectivity index (χ1v) is 6.93. The number of isocyanates is 1. The maximum Gasteiger partial charge on any atom is 0.235 e. The fraction of sp³-hybridized carbons (Fsp3) is 0.562. The second kappa shape index (κ2) is 5.18. The van der Waals surface area contributed by atoms with Gasteiger partial charge in [-0.25, -0.2) is 4.79 Å². The van der Waals surface area contributed by atoms with Gasteiger partial charge in [-0.1, -0.05) is 26.7 Å². The van der Waals surface area contributed by atoms with Crippen molar-refractivity contribution < 1.29 is 9.90 Å². The summed E-state index contributed by atoms with van der Waals surface area (Å²) >= 11 is 0. The van der Waals surface area contributed by atoms with Crippen molar-refractivity contribution in [2.75, 3.05) is 0 Å². The molecule has 1 aromatic carbocycles. The van der Waals surface area contributed by atoms with Crippen LogP contribution in [-0.4, -0.2) is 11.2 Å². The molecule has 2 rings (SSSR count). The van der Waals surface area contributed by atoms with Crippen molar-refractivity contribution in [2.24, 2.45) is 4.99 Å². The van der Waals surface area contributed by atoms with E-state index in [-0.39, 0.29) is 5.75 Å². The molecule has 1 aliphatic rings. The van der Waals surface area contributed by atoms with Gasteiger partial charge in [0.1, 0.15) is 11.3 Å². The number of phenolic OH excluding ortho intramolecular Hbond substituents is 1. The van der Waals surface area contributed by atoms with Gasteiger partial charge in [0.25, 0.3) is 0 Å². The summed E-state index contributed by atoms with van der Waals surface area (Å²) in [6, 6.07) is 3.83. The fourth-order valence-electron chi connectivity index (χ4n) is 3.19. The summed E-state index contributed by atoms with van der Waals surface area (Å²) in [7, 11) is 0. The molecular formula is C16H21NO2. The van der Waals surface area contributed by atoms with Gasteiger partial charge in [0, 0.05) is 5.56 Å². The van der Waals surface area contributed by atoms with Gasteiger partial charge < -0.3 is 5.11 Å². The third-order valence-electron chi connectivity index (χ3n) is 4.20. The Morgan fingerprint density at radius 3 is 2.47 bits per heavy atom. The molecule has 0 unspecified atom stereocenters. The molecule has 0 spiro atoms. The lowest BCUT2D eigenvalue weighted by atomic mass is 9.84. The molecule has 0 radical (unpaired) electrons. The largest absolute Gasteiger partial charge is 0.508 e. The van der Waals surface area contributed by atoms with Crippen LogP contribution >= 0.6 is 0 Å². The zero-order valence-corrected chi connectivity index (χ0v) is 11.9. The molecule has 3 heteroatoms. The van der Waals surface area contributed by atoms with E-state index in [1.165, 1.54) is 5.56 Å². The van der Waals surface area contributed by atoms with Crippen LogP contribution in [0.1, 0.15) is 62.1 Å². The SMILES string of the molecule is Cc1cc(O)c(C2(N=C=O)CCCC2)cc1C(C)C. The van der Waals surface area contributed by atoms with Gasteiger partial charge in [0.2, 0.25) is 6.08 Å². The van der Waals surface area contributed by atoms with Crippen LogP contribution in [0.5, 0.6) is 5.75 Å². The third-order valence-corrected chi connectivity index (χ3v) is 4.20. The maximum absolute atomic E-state index is 10.8. The number of hydrogen-bond donors (Lipinski definition) is 1. The van der Waals surface area contributed by atoms with E-state index in [1.54, 1.807) is 12.1 Å². The highest BCUT2D eigenvalue weighted by Crippen LogP contribution is 2.46. The number of aromatic hydroxyl groups is 1. The van der Waals surface area contributed by atoms with Crippen LogP contribution in [0.15, 0.2) is 17.1 Å². The highest BCUT2D eigenvalue weighted by atomic mass is 16.3. The number of benzene rings is 1. The van der Waals surface area contributed by atoms with Crippen LogP contribution in [-0.2, 0) is 10.3 Å². The van der Waals surface area contributed by atoms with Crippen molar-refractivity contribution in [3.63, 3.8) is 0 Å². The molecule has 1 saturated carbocycles. The highest BCUT2D eigenvalue weighted by Gasteiger charge is 2.38. The normalized spacial score (nSPS) is 17.5. The van der Waals surface area contributed by atoms with Gasteiger partial charge in [0.05, 0.1) is 0 Å². The molecule has 0 bridgehead atoms. The minimum atomic E-state index is -0.552. The Hall–Kier alpha value is -1.60. The molecular weight excluding hydrogens is 238 g/mol. The molecule has 0 aliphatic heterocycles. The number of rotatable bonds is 3. The predicted molar refractivity (Wildman–Crippen MR) is 75.2 cm³/mol. The summed E-state index contributed by atoms with van der Waals surface area (Å²) in [6.07, 6.45) is 5.41. The van der Waals surface area contributed by atoms with Crippen molar-refractivity contribution in [1.29, 1.82) is 0 Å². The van der Waals surface area contributed by atoms with E-state index in [0.29, 0.717) is 5.92 Å². The van der Waals surface area contributed by atoms with E-state index in [1.807, 2.05) is 13.0 Å². The van der Waals surface area contributed by atoms with Gasteiger partial charge in [-0.3, -0.25) is 0 Å². The van der Waals surface area contributed by atoms with Crippen molar-refractivity contribution in [3.05, 3.63) is 28.8 Å². The first kappa shape index (κ1) is 13.8. The second-order valence-corrected chi connectivity index (χ2v) is 5.82. The quantitative estimate of drug-likeness (QED) is 0.660. The van der Waals surface area contributed by atoms with Gasteiger partial charge in [-0.15, -0.1) is 0 Å². The lowest BCUT2D eigenvalue weighted by molar-refractivity contribution is 0.407. The Kier molecular flexibility index (Phi) is 3.77. The van der Waals surface area contributed by atoms with E-state index >= 15 is 0 Å². The van der Waals surface area contributed by atoms with Crippen molar-refractivity contribution in [3.8, 4) is 5.75 Å². The maximum atomic E-state index is 10.8. The van der Waals surface area contributed by atoms with Crippen molar-refractivity contribution in [2.45, 2.75) is 57.9 Å². The van der Waals surface area contributed by atoms with E-state index in [4.69, 9.17) is 0 Å². The lowest BCUT2D eigenvalue weighted by Gasteiger charge is -2.26. The molecule has 0 amide bonds. The van der Waals surface area contributed by atoms with Gasteiger partial charge in [-0.05, 0) is 48.9 Å². The summed E-state index contributed by atoms with van der Waals surface area (Å²) in [5.41, 5.74) is 2.53. The molecule has 1 fully saturated rings. The average Bonchev–Trinajstić information content (AvgIpc) is 2.78. The number of phenols is 1. The van der Waals surface area contributed by atoms with Crippen LogP contribution in [0.2, 0.25) is 0 Å². The Morgan fingerprint density at radius 1 is 1.32 bits per heavy atom. The molecule has 1 aromatic rings. The summed E-state index contributed by atoms with van der Waals surface area (Å²) in [4.78, 5) is 14.8. The molecule has 0 aromatic heterocycles. The van der Waals surface area contributed by atoms with Crippen LogP contribution < -0.4 is 0 Å². The Morgan fingerprint density at radius 2 is 1.95 bits per heavy atom. The smallest absolute Gasteiger partial charge is 0.235 e. The molecule has 1 N–H and O–H groups in total. The second-order valence-electron chi connectivity index (χ2n) is 5.82. The third kappa shape index (κ3) is 2.43. The van der Waals surface area contributed by atoms with Crippen LogP contribution in [0, 0.1) is 6.92 Å². The average molecular weight is 259 g/mol. The summed E-state index contributed by atoms with van der Waals surface area (Å²) in [5, 5.41) is 10.3. The van der Waals surface area contributed by atoms with Crippen LogP contribution in [0.4, 0.5) is 0 Å². The highest BCUT2D eigenvalue weighted by molar-refractivity contribution is 5.49. The first-order chi connectivity index (χ1) is 9.00. The lowest BCUT2D eigenvalue weighted by Crippen LogP contribution is -2.19. The number of aryl methyl sites for hydroxylation is 1. The summed E-state index contributed by atoms with van der Waals surface area (Å²) in [6.45, 7) is 6.27.